The Morgan fingerprint density at radius 1 is 1.22 bits per heavy atom. The summed E-state index contributed by atoms with van der Waals surface area (Å²) >= 11 is 0. The van der Waals surface area contributed by atoms with Crippen LogP contribution in [0.25, 0.3) is 0 Å². The summed E-state index contributed by atoms with van der Waals surface area (Å²) in [4.78, 5) is 1.62. The minimum atomic E-state index is -0.969. The van der Waals surface area contributed by atoms with Gasteiger partial charge in [0, 0.05) is 25.8 Å². The van der Waals surface area contributed by atoms with Gasteiger partial charge in [0.2, 0.25) is 0 Å². The van der Waals surface area contributed by atoms with Gasteiger partial charge < -0.3 is 19.7 Å². The third kappa shape index (κ3) is 3.71. The molecule has 23 heavy (non-hydrogen) atoms. The SMILES string of the molecule is N#Cc1ccc(OC2=CC(O)N(CC3CCOCC3)C2O)cc1. The molecule has 0 radical (unpaired) electrons. The second kappa shape index (κ2) is 7.11. The van der Waals surface area contributed by atoms with Gasteiger partial charge in [-0.3, -0.25) is 0 Å². The van der Waals surface area contributed by atoms with E-state index in [1.54, 1.807) is 29.2 Å². The maximum Gasteiger partial charge on any atom is 0.168 e. The van der Waals surface area contributed by atoms with E-state index in [1.807, 2.05) is 6.07 Å². The lowest BCUT2D eigenvalue weighted by Gasteiger charge is -2.31. The number of benzene rings is 1. The monoisotopic (exact) mass is 316 g/mol. The number of nitriles is 1. The molecule has 0 amide bonds. The minimum Gasteiger partial charge on any atom is -0.458 e. The highest BCUT2D eigenvalue weighted by Crippen LogP contribution is 2.27. The van der Waals surface area contributed by atoms with Crippen LogP contribution in [0.15, 0.2) is 36.1 Å². The van der Waals surface area contributed by atoms with E-state index in [-0.39, 0.29) is 0 Å². The van der Waals surface area contributed by atoms with Crippen molar-refractivity contribution in [3.05, 3.63) is 41.7 Å². The fraction of sp³-hybridized carbons (Fsp3) is 0.471. The highest BCUT2D eigenvalue weighted by molar-refractivity contribution is 5.35. The van der Waals surface area contributed by atoms with Gasteiger partial charge in [-0.15, -0.1) is 0 Å². The molecule has 2 heterocycles. The van der Waals surface area contributed by atoms with Crippen molar-refractivity contribution in [3.63, 3.8) is 0 Å². The van der Waals surface area contributed by atoms with E-state index in [0.29, 0.717) is 29.5 Å². The average molecular weight is 316 g/mol. The zero-order valence-corrected chi connectivity index (χ0v) is 12.8. The summed E-state index contributed by atoms with van der Waals surface area (Å²) in [6, 6.07) is 8.66. The van der Waals surface area contributed by atoms with E-state index >= 15 is 0 Å². The van der Waals surface area contributed by atoms with Crippen LogP contribution in [-0.4, -0.2) is 47.3 Å². The second-order valence-corrected chi connectivity index (χ2v) is 5.85. The van der Waals surface area contributed by atoms with Crippen LogP contribution < -0.4 is 4.74 Å². The van der Waals surface area contributed by atoms with E-state index < -0.39 is 12.5 Å². The third-order valence-electron chi connectivity index (χ3n) is 4.25. The first-order chi connectivity index (χ1) is 11.2. The van der Waals surface area contributed by atoms with Gasteiger partial charge in [-0.2, -0.15) is 5.26 Å². The first kappa shape index (κ1) is 16.0. The van der Waals surface area contributed by atoms with Crippen LogP contribution in [-0.2, 0) is 4.74 Å². The summed E-state index contributed by atoms with van der Waals surface area (Å²) in [5, 5.41) is 29.3. The first-order valence-electron chi connectivity index (χ1n) is 7.77. The van der Waals surface area contributed by atoms with Gasteiger partial charge in [0.25, 0.3) is 0 Å². The standard InChI is InChI=1S/C17H20N2O4/c18-10-12-1-3-14(4-2-12)23-15-9-16(20)19(17(15)21)11-13-5-7-22-8-6-13/h1-4,9,13,16-17,20-21H,5-8,11H2. The second-order valence-electron chi connectivity index (χ2n) is 5.85. The van der Waals surface area contributed by atoms with Gasteiger partial charge in [-0.1, -0.05) is 0 Å². The highest BCUT2D eigenvalue weighted by Gasteiger charge is 2.35. The predicted molar refractivity (Wildman–Crippen MR) is 82.1 cm³/mol. The molecule has 6 heteroatoms. The fourth-order valence-electron chi connectivity index (χ4n) is 2.89. The molecule has 1 fully saturated rings. The smallest absolute Gasteiger partial charge is 0.168 e. The summed E-state index contributed by atoms with van der Waals surface area (Å²) < 4.78 is 11.0. The lowest BCUT2D eigenvalue weighted by atomic mass is 10.00. The van der Waals surface area contributed by atoms with Crippen molar-refractivity contribution in [1.82, 2.24) is 4.90 Å². The molecule has 2 aliphatic rings. The third-order valence-corrected chi connectivity index (χ3v) is 4.25. The van der Waals surface area contributed by atoms with E-state index in [9.17, 15) is 10.2 Å². The molecule has 2 aliphatic heterocycles. The Morgan fingerprint density at radius 3 is 2.57 bits per heavy atom. The Kier molecular flexibility index (Phi) is 4.94. The molecule has 0 spiro atoms. The van der Waals surface area contributed by atoms with Gasteiger partial charge in [0.1, 0.15) is 17.7 Å². The quantitative estimate of drug-likeness (QED) is 0.868. The molecule has 6 nitrogen and oxygen atoms in total. The molecule has 1 aromatic carbocycles. The Bertz CT molecular complexity index is 602. The summed E-state index contributed by atoms with van der Waals surface area (Å²) in [5.41, 5.74) is 0.541. The molecule has 0 aliphatic carbocycles. The Hall–Kier alpha value is -1.91. The average Bonchev–Trinajstić information content (AvgIpc) is 2.84. The number of ether oxygens (including phenoxy) is 2. The zero-order valence-electron chi connectivity index (χ0n) is 12.8. The molecule has 0 bridgehead atoms. The number of hydrogen-bond donors (Lipinski definition) is 2. The van der Waals surface area contributed by atoms with Gasteiger partial charge >= 0.3 is 0 Å². The van der Waals surface area contributed by atoms with Gasteiger partial charge in [0.05, 0.1) is 11.6 Å². The summed E-state index contributed by atoms with van der Waals surface area (Å²) in [6.45, 7) is 2.06. The molecule has 0 aromatic heterocycles. The molecule has 1 aromatic rings. The minimum absolute atomic E-state index is 0.314. The molecule has 2 atom stereocenters. The van der Waals surface area contributed by atoms with Crippen molar-refractivity contribution in [3.8, 4) is 11.8 Å². The topological polar surface area (TPSA) is 86.0 Å². The van der Waals surface area contributed by atoms with Crippen LogP contribution in [0.5, 0.6) is 5.75 Å². The van der Waals surface area contributed by atoms with Crippen LogP contribution >= 0.6 is 0 Å². The first-order valence-corrected chi connectivity index (χ1v) is 7.77. The van der Waals surface area contributed by atoms with Crippen molar-refractivity contribution >= 4 is 0 Å². The van der Waals surface area contributed by atoms with E-state index in [1.165, 1.54) is 6.08 Å². The molecule has 3 rings (SSSR count). The molecule has 2 N–H and O–H groups in total. The van der Waals surface area contributed by atoms with Crippen molar-refractivity contribution in [2.75, 3.05) is 19.8 Å². The molecule has 2 unspecified atom stereocenters. The zero-order chi connectivity index (χ0) is 16.2. The van der Waals surface area contributed by atoms with Crippen LogP contribution in [0.4, 0.5) is 0 Å². The molecular formula is C17H20N2O4. The van der Waals surface area contributed by atoms with Gasteiger partial charge in [0.15, 0.2) is 6.23 Å². The Morgan fingerprint density at radius 2 is 1.91 bits per heavy atom. The van der Waals surface area contributed by atoms with E-state index in [0.717, 1.165) is 26.1 Å². The van der Waals surface area contributed by atoms with Gasteiger partial charge in [-0.25, -0.2) is 4.90 Å². The maximum atomic E-state index is 10.4. The lowest BCUT2D eigenvalue weighted by Crippen LogP contribution is -2.42. The van der Waals surface area contributed by atoms with Crippen molar-refractivity contribution in [2.24, 2.45) is 5.92 Å². The number of nitrogens with zero attached hydrogens (tertiary/aromatic N) is 2. The highest BCUT2D eigenvalue weighted by atomic mass is 16.5. The van der Waals surface area contributed by atoms with Crippen LogP contribution in [0.3, 0.4) is 0 Å². The fourth-order valence-corrected chi connectivity index (χ4v) is 2.89. The maximum absolute atomic E-state index is 10.4. The Balaban J connectivity index is 1.62. The largest absolute Gasteiger partial charge is 0.458 e. The van der Waals surface area contributed by atoms with Crippen LogP contribution in [0.2, 0.25) is 0 Å². The van der Waals surface area contributed by atoms with Crippen molar-refractivity contribution in [2.45, 2.75) is 25.3 Å². The van der Waals surface area contributed by atoms with E-state index in [2.05, 4.69) is 0 Å². The number of rotatable bonds is 4. The van der Waals surface area contributed by atoms with Crippen molar-refractivity contribution in [1.29, 1.82) is 5.26 Å². The molecule has 122 valence electrons. The molecule has 1 saturated heterocycles. The van der Waals surface area contributed by atoms with E-state index in [4.69, 9.17) is 14.7 Å². The number of aliphatic hydroxyl groups excluding tert-OH is 2. The van der Waals surface area contributed by atoms with Crippen LogP contribution in [0.1, 0.15) is 18.4 Å². The predicted octanol–water partition coefficient (Wildman–Crippen LogP) is 1.20. The summed E-state index contributed by atoms with van der Waals surface area (Å²) in [7, 11) is 0. The molecular weight excluding hydrogens is 296 g/mol. The summed E-state index contributed by atoms with van der Waals surface area (Å²) in [5.74, 6) is 1.24. The van der Waals surface area contributed by atoms with Crippen LogP contribution in [0, 0.1) is 17.2 Å². The van der Waals surface area contributed by atoms with Crippen molar-refractivity contribution < 1.29 is 19.7 Å². The number of aliphatic hydroxyl groups is 2. The lowest BCUT2D eigenvalue weighted by molar-refractivity contribution is -0.0691. The summed E-state index contributed by atoms with van der Waals surface area (Å²) in [6.07, 6.45) is 1.55. The van der Waals surface area contributed by atoms with Gasteiger partial charge in [-0.05, 0) is 43.0 Å². The normalized spacial score (nSPS) is 25.9. The molecule has 0 saturated carbocycles. The Labute approximate surface area is 135 Å². The number of hydrogen-bond acceptors (Lipinski definition) is 6.